The number of rotatable bonds is 2. The molecule has 0 radical (unpaired) electrons. The monoisotopic (exact) mass is 217 g/mol. The van der Waals surface area contributed by atoms with Crippen molar-refractivity contribution in [3.63, 3.8) is 0 Å². The number of hydrogen-bond donors (Lipinski definition) is 2. The SMILES string of the molecule is Cc1c[nH]c2cc(C(C)(C)C(=O)O)ccc12. The molecule has 0 saturated heterocycles. The normalized spacial score (nSPS) is 11.9. The number of benzene rings is 1. The van der Waals surface area contributed by atoms with Crippen LogP contribution in [0.2, 0.25) is 0 Å². The van der Waals surface area contributed by atoms with Crippen molar-refractivity contribution in [1.29, 1.82) is 0 Å². The second-order valence-electron chi connectivity index (χ2n) is 4.66. The maximum atomic E-state index is 11.2. The number of carboxylic acids is 1. The molecule has 0 aliphatic heterocycles. The van der Waals surface area contributed by atoms with E-state index in [1.54, 1.807) is 13.8 Å². The number of H-pyrrole nitrogens is 1. The maximum absolute atomic E-state index is 11.2. The van der Waals surface area contributed by atoms with Gasteiger partial charge in [-0.25, -0.2) is 0 Å². The average molecular weight is 217 g/mol. The van der Waals surface area contributed by atoms with E-state index in [2.05, 4.69) is 4.98 Å². The van der Waals surface area contributed by atoms with Crippen molar-refractivity contribution in [2.45, 2.75) is 26.2 Å². The summed E-state index contributed by atoms with van der Waals surface area (Å²) >= 11 is 0. The Morgan fingerprint density at radius 3 is 2.69 bits per heavy atom. The standard InChI is InChI=1S/C13H15NO2/c1-8-7-14-11-6-9(4-5-10(8)11)13(2,3)12(15)16/h4-7,14H,1-3H3,(H,15,16). The van der Waals surface area contributed by atoms with Gasteiger partial charge in [0.05, 0.1) is 5.41 Å². The number of aromatic amines is 1. The zero-order valence-electron chi connectivity index (χ0n) is 9.66. The summed E-state index contributed by atoms with van der Waals surface area (Å²) in [6.07, 6.45) is 1.93. The minimum Gasteiger partial charge on any atom is -0.481 e. The summed E-state index contributed by atoms with van der Waals surface area (Å²) in [4.78, 5) is 14.3. The smallest absolute Gasteiger partial charge is 0.313 e. The van der Waals surface area contributed by atoms with E-state index in [4.69, 9.17) is 5.11 Å². The molecule has 0 aliphatic rings. The average Bonchev–Trinajstić information content (AvgIpc) is 2.60. The van der Waals surface area contributed by atoms with Crippen LogP contribution in [-0.4, -0.2) is 16.1 Å². The molecule has 1 aromatic carbocycles. The van der Waals surface area contributed by atoms with Crippen molar-refractivity contribution in [2.24, 2.45) is 0 Å². The zero-order valence-corrected chi connectivity index (χ0v) is 9.66. The molecule has 16 heavy (non-hydrogen) atoms. The molecule has 3 nitrogen and oxygen atoms in total. The highest BCUT2D eigenvalue weighted by Gasteiger charge is 2.29. The van der Waals surface area contributed by atoms with Crippen LogP contribution >= 0.6 is 0 Å². The Morgan fingerprint density at radius 2 is 2.06 bits per heavy atom. The number of aryl methyl sites for hydroxylation is 1. The molecule has 0 unspecified atom stereocenters. The summed E-state index contributed by atoms with van der Waals surface area (Å²) < 4.78 is 0. The molecule has 0 aliphatic carbocycles. The van der Waals surface area contributed by atoms with Crippen LogP contribution in [-0.2, 0) is 10.2 Å². The molecule has 2 N–H and O–H groups in total. The highest BCUT2D eigenvalue weighted by molar-refractivity contribution is 5.87. The van der Waals surface area contributed by atoms with Gasteiger partial charge in [0.2, 0.25) is 0 Å². The van der Waals surface area contributed by atoms with Gasteiger partial charge in [0.1, 0.15) is 0 Å². The van der Waals surface area contributed by atoms with E-state index in [-0.39, 0.29) is 0 Å². The molecular weight excluding hydrogens is 202 g/mol. The van der Waals surface area contributed by atoms with Gasteiger partial charge in [-0.2, -0.15) is 0 Å². The number of carboxylic acid groups (broad SMARTS) is 1. The molecule has 0 bridgehead atoms. The number of carbonyl (C=O) groups is 1. The van der Waals surface area contributed by atoms with E-state index in [0.717, 1.165) is 16.5 Å². The van der Waals surface area contributed by atoms with Crippen LogP contribution in [0.3, 0.4) is 0 Å². The van der Waals surface area contributed by atoms with E-state index >= 15 is 0 Å². The van der Waals surface area contributed by atoms with Crippen molar-refractivity contribution in [3.8, 4) is 0 Å². The van der Waals surface area contributed by atoms with Crippen LogP contribution in [0.15, 0.2) is 24.4 Å². The van der Waals surface area contributed by atoms with Crippen molar-refractivity contribution < 1.29 is 9.90 Å². The lowest BCUT2D eigenvalue weighted by Gasteiger charge is -2.19. The molecule has 0 amide bonds. The Morgan fingerprint density at radius 1 is 1.38 bits per heavy atom. The van der Waals surface area contributed by atoms with E-state index < -0.39 is 11.4 Å². The fraction of sp³-hybridized carbons (Fsp3) is 0.308. The summed E-state index contributed by atoms with van der Waals surface area (Å²) in [6, 6.07) is 5.77. The van der Waals surface area contributed by atoms with Gasteiger partial charge in [0.25, 0.3) is 0 Å². The summed E-state index contributed by atoms with van der Waals surface area (Å²) in [5.74, 6) is -0.810. The lowest BCUT2D eigenvalue weighted by atomic mass is 9.84. The fourth-order valence-electron chi connectivity index (χ4n) is 1.78. The van der Waals surface area contributed by atoms with Crippen LogP contribution in [0.1, 0.15) is 25.0 Å². The summed E-state index contributed by atoms with van der Waals surface area (Å²) in [7, 11) is 0. The number of aliphatic carboxylic acids is 1. The van der Waals surface area contributed by atoms with Crippen molar-refractivity contribution >= 4 is 16.9 Å². The lowest BCUT2D eigenvalue weighted by Crippen LogP contribution is -2.28. The fourth-order valence-corrected chi connectivity index (χ4v) is 1.78. The van der Waals surface area contributed by atoms with Crippen LogP contribution in [0.25, 0.3) is 10.9 Å². The highest BCUT2D eigenvalue weighted by Crippen LogP contribution is 2.27. The van der Waals surface area contributed by atoms with Gasteiger partial charge in [-0.05, 0) is 38.0 Å². The van der Waals surface area contributed by atoms with Crippen molar-refractivity contribution in [1.82, 2.24) is 4.98 Å². The van der Waals surface area contributed by atoms with Gasteiger partial charge in [-0.15, -0.1) is 0 Å². The lowest BCUT2D eigenvalue weighted by molar-refractivity contribution is -0.142. The molecule has 1 aromatic heterocycles. The van der Waals surface area contributed by atoms with Gasteiger partial charge in [-0.3, -0.25) is 4.79 Å². The third-order valence-corrected chi connectivity index (χ3v) is 3.14. The molecule has 0 atom stereocenters. The quantitative estimate of drug-likeness (QED) is 0.812. The molecule has 3 heteroatoms. The maximum Gasteiger partial charge on any atom is 0.313 e. The van der Waals surface area contributed by atoms with Crippen LogP contribution < -0.4 is 0 Å². The Bertz CT molecular complexity index is 552. The molecule has 84 valence electrons. The third kappa shape index (κ3) is 1.48. The van der Waals surface area contributed by atoms with Crippen LogP contribution in [0.5, 0.6) is 0 Å². The zero-order chi connectivity index (χ0) is 11.9. The first-order valence-electron chi connectivity index (χ1n) is 5.24. The topological polar surface area (TPSA) is 53.1 Å². The molecule has 0 spiro atoms. The molecule has 2 aromatic rings. The second-order valence-corrected chi connectivity index (χ2v) is 4.66. The predicted octanol–water partition coefficient (Wildman–Crippen LogP) is 2.84. The van der Waals surface area contributed by atoms with Crippen LogP contribution in [0, 0.1) is 6.92 Å². The van der Waals surface area contributed by atoms with Crippen molar-refractivity contribution in [3.05, 3.63) is 35.5 Å². The first-order valence-corrected chi connectivity index (χ1v) is 5.24. The summed E-state index contributed by atoms with van der Waals surface area (Å²) in [5, 5.41) is 10.3. The summed E-state index contributed by atoms with van der Waals surface area (Å²) in [6.45, 7) is 5.46. The van der Waals surface area contributed by atoms with E-state index in [9.17, 15) is 4.79 Å². The first-order chi connectivity index (χ1) is 7.43. The Labute approximate surface area is 94.1 Å². The predicted molar refractivity (Wildman–Crippen MR) is 63.7 cm³/mol. The van der Waals surface area contributed by atoms with Gasteiger partial charge < -0.3 is 10.1 Å². The van der Waals surface area contributed by atoms with Gasteiger partial charge in [0, 0.05) is 17.1 Å². The first kappa shape index (κ1) is 10.7. The third-order valence-electron chi connectivity index (χ3n) is 3.14. The minimum absolute atomic E-state index is 0.810. The Balaban J connectivity index is 2.59. The van der Waals surface area contributed by atoms with Crippen molar-refractivity contribution in [2.75, 3.05) is 0 Å². The van der Waals surface area contributed by atoms with Gasteiger partial charge >= 0.3 is 5.97 Å². The Hall–Kier alpha value is -1.77. The van der Waals surface area contributed by atoms with Gasteiger partial charge in [-0.1, -0.05) is 12.1 Å². The van der Waals surface area contributed by atoms with Crippen LogP contribution in [0.4, 0.5) is 0 Å². The second kappa shape index (κ2) is 3.37. The molecule has 1 heterocycles. The number of fused-ring (bicyclic) bond motifs is 1. The molecule has 2 rings (SSSR count). The van der Waals surface area contributed by atoms with E-state index in [1.165, 1.54) is 5.56 Å². The van der Waals surface area contributed by atoms with Gasteiger partial charge in [0.15, 0.2) is 0 Å². The largest absolute Gasteiger partial charge is 0.481 e. The number of aromatic nitrogens is 1. The number of hydrogen-bond acceptors (Lipinski definition) is 1. The molecular formula is C13H15NO2. The summed E-state index contributed by atoms with van der Waals surface area (Å²) in [5.41, 5.74) is 2.13. The minimum atomic E-state index is -0.854. The molecule has 0 fully saturated rings. The highest BCUT2D eigenvalue weighted by atomic mass is 16.4. The number of nitrogens with one attached hydrogen (secondary N) is 1. The molecule has 0 saturated carbocycles. The Kier molecular flexibility index (Phi) is 2.26. The van der Waals surface area contributed by atoms with E-state index in [0.29, 0.717) is 0 Å². The van der Waals surface area contributed by atoms with E-state index in [1.807, 2.05) is 31.3 Å².